The summed E-state index contributed by atoms with van der Waals surface area (Å²) in [4.78, 5) is 28.5. The Balaban J connectivity index is 1.34. The van der Waals surface area contributed by atoms with Crippen molar-refractivity contribution in [3.63, 3.8) is 0 Å². The first-order valence-corrected chi connectivity index (χ1v) is 10.8. The second-order valence-corrected chi connectivity index (χ2v) is 9.80. The number of carbonyl (C=O) groups excluding carboxylic acids is 2. The lowest BCUT2D eigenvalue weighted by Crippen LogP contribution is -2.56. The molecule has 4 saturated carbocycles. The van der Waals surface area contributed by atoms with Crippen LogP contribution < -0.4 is 5.32 Å². The number of rotatable bonds is 3. The fourth-order valence-electron chi connectivity index (χ4n) is 6.94. The van der Waals surface area contributed by atoms with Crippen LogP contribution in [0.5, 0.6) is 0 Å². The van der Waals surface area contributed by atoms with Gasteiger partial charge in [-0.3, -0.25) is 9.59 Å². The SMILES string of the molecule is Cc1cc(F)ccc1NC(=O)[C@H]1CCCN1C(=O)C12CC3CC(CC(C3)C1)C2. The van der Waals surface area contributed by atoms with Crippen molar-refractivity contribution in [2.24, 2.45) is 23.2 Å². The number of nitrogens with one attached hydrogen (secondary N) is 1. The highest BCUT2D eigenvalue weighted by Crippen LogP contribution is 2.60. The highest BCUT2D eigenvalue weighted by molar-refractivity contribution is 5.98. The van der Waals surface area contributed by atoms with Gasteiger partial charge in [0.15, 0.2) is 0 Å². The molecule has 0 aromatic heterocycles. The van der Waals surface area contributed by atoms with E-state index in [4.69, 9.17) is 0 Å². The molecule has 4 bridgehead atoms. The fraction of sp³-hybridized carbons (Fsp3) is 0.652. The number of benzene rings is 1. The third-order valence-electron chi connectivity index (χ3n) is 7.75. The highest BCUT2D eigenvalue weighted by atomic mass is 19.1. The van der Waals surface area contributed by atoms with Crippen molar-refractivity contribution >= 4 is 17.5 Å². The van der Waals surface area contributed by atoms with Gasteiger partial charge in [0.1, 0.15) is 11.9 Å². The quantitative estimate of drug-likeness (QED) is 0.846. The van der Waals surface area contributed by atoms with Gasteiger partial charge < -0.3 is 10.2 Å². The molecule has 1 atom stereocenters. The molecular formula is C23H29FN2O2. The van der Waals surface area contributed by atoms with Crippen LogP contribution in [0, 0.1) is 35.9 Å². The van der Waals surface area contributed by atoms with Crippen molar-refractivity contribution < 1.29 is 14.0 Å². The molecule has 1 N–H and O–H groups in total. The zero-order valence-electron chi connectivity index (χ0n) is 16.5. The van der Waals surface area contributed by atoms with Gasteiger partial charge in [-0.2, -0.15) is 0 Å². The van der Waals surface area contributed by atoms with E-state index in [1.807, 2.05) is 4.90 Å². The van der Waals surface area contributed by atoms with Gasteiger partial charge in [0.2, 0.25) is 11.8 Å². The van der Waals surface area contributed by atoms with Gasteiger partial charge in [0.05, 0.1) is 5.41 Å². The number of halogens is 1. The molecule has 4 aliphatic carbocycles. The number of aryl methyl sites for hydroxylation is 1. The zero-order chi connectivity index (χ0) is 19.5. The Bertz CT molecular complexity index is 786. The van der Waals surface area contributed by atoms with Gasteiger partial charge in [0, 0.05) is 12.2 Å². The summed E-state index contributed by atoms with van der Waals surface area (Å²) in [5.41, 5.74) is 1.12. The molecule has 0 spiro atoms. The maximum atomic E-state index is 13.7. The summed E-state index contributed by atoms with van der Waals surface area (Å²) in [5, 5.41) is 2.94. The van der Waals surface area contributed by atoms with E-state index in [-0.39, 0.29) is 23.0 Å². The summed E-state index contributed by atoms with van der Waals surface area (Å²) >= 11 is 0. The van der Waals surface area contributed by atoms with E-state index in [1.165, 1.54) is 31.4 Å². The summed E-state index contributed by atoms with van der Waals surface area (Å²) in [6, 6.07) is 3.98. The van der Waals surface area contributed by atoms with Crippen LogP contribution >= 0.6 is 0 Å². The number of carbonyl (C=O) groups is 2. The minimum atomic E-state index is -0.398. The summed E-state index contributed by atoms with van der Waals surface area (Å²) in [7, 11) is 0. The average Bonchev–Trinajstić information content (AvgIpc) is 3.12. The van der Waals surface area contributed by atoms with Crippen LogP contribution in [0.1, 0.15) is 56.9 Å². The van der Waals surface area contributed by atoms with Crippen LogP contribution in [-0.2, 0) is 9.59 Å². The number of likely N-dealkylation sites (tertiary alicyclic amines) is 1. The predicted octanol–water partition coefficient (Wildman–Crippen LogP) is 4.28. The molecule has 1 aromatic rings. The molecule has 1 aromatic carbocycles. The Kier molecular flexibility index (Phi) is 4.25. The Morgan fingerprint density at radius 3 is 2.36 bits per heavy atom. The van der Waals surface area contributed by atoms with Crippen molar-refractivity contribution in [1.29, 1.82) is 0 Å². The Hall–Kier alpha value is -1.91. The number of hydrogen-bond acceptors (Lipinski definition) is 2. The second kappa shape index (κ2) is 6.57. The van der Waals surface area contributed by atoms with Crippen molar-refractivity contribution in [2.45, 2.75) is 64.3 Å². The molecular weight excluding hydrogens is 355 g/mol. The highest BCUT2D eigenvalue weighted by Gasteiger charge is 2.56. The predicted molar refractivity (Wildman–Crippen MR) is 105 cm³/mol. The molecule has 0 unspecified atom stereocenters. The zero-order valence-corrected chi connectivity index (χ0v) is 16.5. The second-order valence-electron chi connectivity index (χ2n) is 9.80. The van der Waals surface area contributed by atoms with Crippen LogP contribution in [-0.4, -0.2) is 29.3 Å². The lowest BCUT2D eigenvalue weighted by Gasteiger charge is -2.56. The minimum absolute atomic E-state index is 0.134. The van der Waals surface area contributed by atoms with Crippen LogP contribution in [0.3, 0.4) is 0 Å². The van der Waals surface area contributed by atoms with Gasteiger partial charge >= 0.3 is 0 Å². The molecule has 1 aliphatic heterocycles. The van der Waals surface area contributed by atoms with Crippen LogP contribution in [0.2, 0.25) is 0 Å². The van der Waals surface area contributed by atoms with Crippen LogP contribution in [0.4, 0.5) is 10.1 Å². The largest absolute Gasteiger partial charge is 0.330 e. The Labute approximate surface area is 165 Å². The van der Waals surface area contributed by atoms with Gasteiger partial charge in [-0.1, -0.05) is 0 Å². The first-order valence-electron chi connectivity index (χ1n) is 10.8. The maximum Gasteiger partial charge on any atom is 0.247 e. The molecule has 28 heavy (non-hydrogen) atoms. The molecule has 1 heterocycles. The van der Waals surface area contributed by atoms with Gasteiger partial charge in [-0.25, -0.2) is 4.39 Å². The summed E-state index contributed by atoms with van der Waals surface area (Å²) in [5.74, 6) is 1.94. The fourth-order valence-corrected chi connectivity index (χ4v) is 6.94. The van der Waals surface area contributed by atoms with E-state index in [0.717, 1.165) is 25.7 Å². The third kappa shape index (κ3) is 2.94. The minimum Gasteiger partial charge on any atom is -0.330 e. The molecule has 150 valence electrons. The van der Waals surface area contributed by atoms with Crippen molar-refractivity contribution in [3.8, 4) is 0 Å². The van der Waals surface area contributed by atoms with E-state index in [0.29, 0.717) is 42.0 Å². The van der Waals surface area contributed by atoms with E-state index >= 15 is 0 Å². The van der Waals surface area contributed by atoms with Crippen molar-refractivity contribution in [3.05, 3.63) is 29.6 Å². The van der Waals surface area contributed by atoms with Crippen LogP contribution in [0.15, 0.2) is 18.2 Å². The molecule has 5 aliphatic rings. The Morgan fingerprint density at radius 1 is 1.11 bits per heavy atom. The van der Waals surface area contributed by atoms with Crippen LogP contribution in [0.25, 0.3) is 0 Å². The molecule has 4 nitrogen and oxygen atoms in total. The van der Waals surface area contributed by atoms with Gasteiger partial charge in [0.25, 0.3) is 0 Å². The molecule has 1 saturated heterocycles. The number of anilines is 1. The molecule has 5 fully saturated rings. The van der Waals surface area contributed by atoms with E-state index in [1.54, 1.807) is 13.0 Å². The summed E-state index contributed by atoms with van der Waals surface area (Å²) in [6.07, 6.45) is 8.59. The third-order valence-corrected chi connectivity index (χ3v) is 7.75. The smallest absolute Gasteiger partial charge is 0.247 e. The number of hydrogen-bond donors (Lipinski definition) is 1. The number of nitrogens with zero attached hydrogens (tertiary/aromatic N) is 1. The molecule has 0 radical (unpaired) electrons. The normalized spacial score (nSPS) is 36.0. The first kappa shape index (κ1) is 18.1. The summed E-state index contributed by atoms with van der Waals surface area (Å²) in [6.45, 7) is 2.47. The molecule has 2 amide bonds. The van der Waals surface area contributed by atoms with Gasteiger partial charge in [-0.15, -0.1) is 0 Å². The van der Waals surface area contributed by atoms with E-state index < -0.39 is 6.04 Å². The van der Waals surface area contributed by atoms with E-state index in [2.05, 4.69) is 5.32 Å². The monoisotopic (exact) mass is 384 g/mol. The Morgan fingerprint density at radius 2 is 1.75 bits per heavy atom. The lowest BCUT2D eigenvalue weighted by molar-refractivity contribution is -0.160. The lowest BCUT2D eigenvalue weighted by atomic mass is 9.49. The number of amides is 2. The molecule has 5 heteroatoms. The average molecular weight is 384 g/mol. The maximum absolute atomic E-state index is 13.7. The van der Waals surface area contributed by atoms with Crippen molar-refractivity contribution in [2.75, 3.05) is 11.9 Å². The van der Waals surface area contributed by atoms with Gasteiger partial charge in [-0.05, 0) is 99.8 Å². The van der Waals surface area contributed by atoms with Crippen molar-refractivity contribution in [1.82, 2.24) is 4.90 Å². The summed E-state index contributed by atoms with van der Waals surface area (Å²) < 4.78 is 13.3. The molecule has 6 rings (SSSR count). The first-order chi connectivity index (χ1) is 13.4. The van der Waals surface area contributed by atoms with E-state index in [9.17, 15) is 14.0 Å². The topological polar surface area (TPSA) is 49.4 Å². The standard InChI is InChI=1S/C23H29FN2O2/c1-14-7-18(24)4-5-19(14)25-21(27)20-3-2-6-26(20)22(28)23-11-15-8-16(12-23)10-17(9-15)13-23/h4-5,7,15-17,20H,2-3,6,8-13H2,1H3,(H,25,27)/t15?,16?,17?,20-,23?/m1/s1.